The predicted octanol–water partition coefficient (Wildman–Crippen LogP) is 1.56. The summed E-state index contributed by atoms with van der Waals surface area (Å²) >= 11 is 0. The Labute approximate surface area is 237 Å². The minimum absolute atomic E-state index is 0.0296. The molecule has 13 atom stereocenters. The number of ether oxygens (including phenoxy) is 1. The van der Waals surface area contributed by atoms with Gasteiger partial charge in [0.25, 0.3) is 0 Å². The molecule has 5 aliphatic heterocycles. The molecule has 5 heterocycles. The number of carbonyl (C=O) groups is 1. The van der Waals surface area contributed by atoms with Gasteiger partial charge in [-0.15, -0.1) is 0 Å². The number of aliphatic hydroxyl groups excluding tert-OH is 1. The lowest BCUT2D eigenvalue weighted by atomic mass is 9.72. The van der Waals surface area contributed by atoms with Gasteiger partial charge in [0.05, 0.1) is 30.6 Å². The maximum Gasteiger partial charge on any atom is 0.320 e. The maximum atomic E-state index is 16.4. The first-order valence-corrected chi connectivity index (χ1v) is 15.9. The van der Waals surface area contributed by atoms with Gasteiger partial charge in [-0.25, -0.2) is 13.6 Å². The van der Waals surface area contributed by atoms with Crippen LogP contribution in [0.5, 0.6) is 0 Å². The van der Waals surface area contributed by atoms with Crippen molar-refractivity contribution in [3.05, 3.63) is 0 Å². The number of nitrogens with zero attached hydrogens (tertiary/aromatic N) is 2. The van der Waals surface area contributed by atoms with Gasteiger partial charge in [0, 0.05) is 62.1 Å². The normalized spacial score (nSPS) is 48.8. The van der Waals surface area contributed by atoms with Gasteiger partial charge in [0.2, 0.25) is 0 Å². The van der Waals surface area contributed by atoms with E-state index in [0.717, 1.165) is 32.6 Å². The highest BCUT2D eigenvalue weighted by Crippen LogP contribution is 2.43. The van der Waals surface area contributed by atoms with Gasteiger partial charge in [-0.1, -0.05) is 13.8 Å². The Bertz CT molecular complexity index is 902. The molecule has 0 radical (unpaired) electrons. The lowest BCUT2D eigenvalue weighted by Crippen LogP contribution is -2.80. The highest BCUT2D eigenvalue weighted by Gasteiger charge is 2.58. The summed E-state index contributed by atoms with van der Waals surface area (Å²) in [7, 11) is 0. The molecule has 0 aromatic rings. The van der Waals surface area contributed by atoms with Gasteiger partial charge >= 0.3 is 6.03 Å². The minimum Gasteiger partial charge on any atom is -0.393 e. The molecule has 228 valence electrons. The van der Waals surface area contributed by atoms with Gasteiger partial charge < -0.3 is 30.7 Å². The van der Waals surface area contributed by atoms with E-state index in [1.54, 1.807) is 0 Å². The number of piperidine rings is 2. The molecule has 6 fully saturated rings. The fraction of sp³-hybridized carbons (Fsp3) is 0.966. The largest absolute Gasteiger partial charge is 0.393 e. The van der Waals surface area contributed by atoms with Gasteiger partial charge in [-0.3, -0.25) is 10.2 Å². The Balaban J connectivity index is 1.43. The van der Waals surface area contributed by atoms with E-state index in [9.17, 15) is 9.90 Å². The third-order valence-corrected chi connectivity index (χ3v) is 11.0. The number of alkyl halides is 2. The van der Waals surface area contributed by atoms with Crippen LogP contribution in [0.1, 0.15) is 59.3 Å². The van der Waals surface area contributed by atoms with Gasteiger partial charge in [0.15, 0.2) is 0 Å². The molecule has 0 aromatic heterocycles. The second kappa shape index (κ2) is 11.9. The molecular weight excluding hydrogens is 518 g/mol. The Hall–Kier alpha value is -1.11. The van der Waals surface area contributed by atoms with Crippen LogP contribution in [0.3, 0.4) is 0 Å². The van der Waals surface area contributed by atoms with Crippen LogP contribution in [0.15, 0.2) is 0 Å². The van der Waals surface area contributed by atoms with E-state index in [1.807, 2.05) is 4.90 Å². The molecule has 6 rings (SSSR count). The number of hydrogen-bond donors (Lipinski definition) is 5. The second-order valence-corrected chi connectivity index (χ2v) is 13.6. The van der Waals surface area contributed by atoms with Crippen molar-refractivity contribution in [1.82, 2.24) is 31.1 Å². The number of hydrogen-bond acceptors (Lipinski definition) is 7. The van der Waals surface area contributed by atoms with Crippen LogP contribution >= 0.6 is 0 Å². The standard InChI is InChI=1S/C29H50F2N6O3/c1-15(2)24-26-17(7-9-33-24)21(38)8-12-40-22-6-4-5-19(30)23(22)25-20(31)13-18-27(36-11-10-32-14-16(36)3)35-29(39)37(26)28(18)34-25/h15-28,32-34,38H,4-14H2,1-3H3,(H,35,39)/t16-,17?,18?,19?,20?,21?,22?,23?,24?,25?,26?,27?,28?/m0/s1. The smallest absolute Gasteiger partial charge is 0.320 e. The quantitative estimate of drug-likeness (QED) is 0.345. The van der Waals surface area contributed by atoms with E-state index in [-0.39, 0.29) is 54.5 Å². The highest BCUT2D eigenvalue weighted by atomic mass is 19.1. The second-order valence-electron chi connectivity index (χ2n) is 13.6. The average molecular weight is 569 g/mol. The molecule has 0 aromatic carbocycles. The third-order valence-electron chi connectivity index (χ3n) is 11.0. The fourth-order valence-electron chi connectivity index (χ4n) is 9.00. The van der Waals surface area contributed by atoms with E-state index in [2.05, 4.69) is 46.9 Å². The SMILES string of the molecule is CC(C)C1NCCC2C(O)CCOC3CCCC(F)C3C3NC4C(CC3F)C(N3CCNC[C@@H]3C)NC(=O)N4C21. The number of fused-ring (bicyclic) bond motifs is 5. The summed E-state index contributed by atoms with van der Waals surface area (Å²) in [6.45, 7) is 9.89. The molecule has 5 N–H and O–H groups in total. The van der Waals surface area contributed by atoms with Crippen LogP contribution in [0.4, 0.5) is 13.6 Å². The minimum atomic E-state index is -1.25. The summed E-state index contributed by atoms with van der Waals surface area (Å²) < 4.78 is 38.3. The van der Waals surface area contributed by atoms with E-state index in [0.29, 0.717) is 32.3 Å². The number of aliphatic hydroxyl groups is 1. The first-order valence-electron chi connectivity index (χ1n) is 15.9. The molecule has 1 aliphatic carbocycles. The van der Waals surface area contributed by atoms with Gasteiger partial charge in [-0.2, -0.15) is 0 Å². The molecule has 1 saturated carbocycles. The van der Waals surface area contributed by atoms with E-state index in [4.69, 9.17) is 4.74 Å². The maximum absolute atomic E-state index is 16.4. The van der Waals surface area contributed by atoms with Crippen LogP contribution in [0.25, 0.3) is 0 Å². The Morgan fingerprint density at radius 2 is 1.88 bits per heavy atom. The van der Waals surface area contributed by atoms with E-state index in [1.165, 1.54) is 0 Å². The number of amides is 2. The van der Waals surface area contributed by atoms with Crippen molar-refractivity contribution in [3.63, 3.8) is 0 Å². The Kier molecular flexibility index (Phi) is 8.61. The monoisotopic (exact) mass is 568 g/mol. The lowest BCUT2D eigenvalue weighted by molar-refractivity contribution is -0.130. The summed E-state index contributed by atoms with van der Waals surface area (Å²) in [6.07, 6.45) is -1.03. The molecule has 2 amide bonds. The topological polar surface area (TPSA) is 101 Å². The molecular formula is C29H50F2N6O3. The van der Waals surface area contributed by atoms with Crippen molar-refractivity contribution in [1.29, 1.82) is 0 Å². The average Bonchev–Trinajstić information content (AvgIpc) is 2.92. The fourth-order valence-corrected chi connectivity index (χ4v) is 9.00. The number of urea groups is 1. The zero-order valence-corrected chi connectivity index (χ0v) is 24.3. The van der Waals surface area contributed by atoms with E-state index < -0.39 is 42.7 Å². The molecule has 5 saturated heterocycles. The summed E-state index contributed by atoms with van der Waals surface area (Å²) in [4.78, 5) is 18.5. The van der Waals surface area contributed by atoms with Crippen LogP contribution < -0.4 is 21.3 Å². The molecule has 12 unspecified atom stereocenters. The van der Waals surface area contributed by atoms with Crippen LogP contribution in [0, 0.1) is 23.7 Å². The molecule has 9 nitrogen and oxygen atoms in total. The molecule has 6 aliphatic rings. The van der Waals surface area contributed by atoms with Gasteiger partial charge in [-0.05, 0) is 57.9 Å². The number of nitrogens with one attached hydrogen (secondary N) is 4. The number of rotatable bonds is 2. The van der Waals surface area contributed by atoms with Crippen molar-refractivity contribution < 1.29 is 23.4 Å². The molecule has 40 heavy (non-hydrogen) atoms. The predicted molar refractivity (Wildman–Crippen MR) is 148 cm³/mol. The summed E-state index contributed by atoms with van der Waals surface area (Å²) in [5, 5.41) is 25.5. The number of carbonyl (C=O) groups excluding carboxylic acids is 1. The third kappa shape index (κ3) is 5.17. The van der Waals surface area contributed by atoms with E-state index >= 15 is 8.78 Å². The molecule has 11 heteroatoms. The number of halogens is 2. The zero-order chi connectivity index (χ0) is 28.1. The highest BCUT2D eigenvalue weighted by molar-refractivity contribution is 5.76. The van der Waals surface area contributed by atoms with Crippen molar-refractivity contribution >= 4 is 6.03 Å². The summed E-state index contributed by atoms with van der Waals surface area (Å²) in [5.41, 5.74) is 0. The molecule has 2 bridgehead atoms. The van der Waals surface area contributed by atoms with Gasteiger partial charge in [0.1, 0.15) is 12.3 Å². The zero-order valence-electron chi connectivity index (χ0n) is 24.3. The Morgan fingerprint density at radius 1 is 1.05 bits per heavy atom. The first-order chi connectivity index (χ1) is 19.3. The van der Waals surface area contributed by atoms with Crippen LogP contribution in [-0.2, 0) is 4.74 Å². The van der Waals surface area contributed by atoms with Crippen molar-refractivity contribution in [3.8, 4) is 0 Å². The first kappa shape index (κ1) is 29.0. The lowest BCUT2D eigenvalue weighted by Gasteiger charge is -2.60. The Morgan fingerprint density at radius 3 is 2.65 bits per heavy atom. The van der Waals surface area contributed by atoms with Crippen LogP contribution in [-0.4, -0.2) is 115 Å². The van der Waals surface area contributed by atoms with Crippen molar-refractivity contribution in [2.75, 3.05) is 32.8 Å². The summed E-state index contributed by atoms with van der Waals surface area (Å²) in [6, 6.07) is -1.04. The number of piperazine rings is 1. The van der Waals surface area contributed by atoms with Crippen molar-refractivity contribution in [2.24, 2.45) is 23.7 Å². The van der Waals surface area contributed by atoms with Crippen molar-refractivity contribution in [2.45, 2.75) is 120 Å². The van der Waals surface area contributed by atoms with Crippen LogP contribution in [0.2, 0.25) is 0 Å². The molecule has 0 spiro atoms. The summed E-state index contributed by atoms with van der Waals surface area (Å²) in [5.74, 6) is -0.767.